The number of nitrogens with zero attached hydrogens (tertiary/aromatic N) is 5. The van der Waals surface area contributed by atoms with Crippen LogP contribution < -0.4 is 25.4 Å². The summed E-state index contributed by atoms with van der Waals surface area (Å²) in [6.07, 6.45) is 7.52. The maximum Gasteiger partial charge on any atom is 0.276 e. The number of hydrogen-bond donors (Lipinski definition) is 3. The lowest BCUT2D eigenvalue weighted by atomic mass is 10.1. The lowest BCUT2D eigenvalue weighted by molar-refractivity contribution is 0.101. The number of anilines is 3. The number of benzene rings is 7. The van der Waals surface area contributed by atoms with Gasteiger partial charge in [0.05, 0.1) is 59.0 Å². The second kappa shape index (κ2) is 25.2. The molecule has 0 saturated heterocycles. The average Bonchev–Trinajstić information content (AvgIpc) is 4.49. The topological polar surface area (TPSA) is 146 Å². The first-order valence-electron chi connectivity index (χ1n) is 26.4. The molecule has 0 atom stereocenters. The number of para-hydroxylation sites is 4. The van der Waals surface area contributed by atoms with Crippen LogP contribution in [0, 0.1) is 20.8 Å². The van der Waals surface area contributed by atoms with Crippen LogP contribution in [0.4, 0.5) is 17.1 Å². The van der Waals surface area contributed by atoms with Crippen molar-refractivity contribution in [2.45, 2.75) is 40.4 Å². The smallest absolute Gasteiger partial charge is 0.276 e. The number of hydrogen-bond acceptors (Lipinski definition) is 8. The molecule has 0 bridgehead atoms. The van der Waals surface area contributed by atoms with Crippen LogP contribution in [0.5, 0.6) is 11.5 Å². The molecule has 0 aliphatic heterocycles. The van der Waals surface area contributed by atoms with Crippen molar-refractivity contribution in [2.75, 3.05) is 30.2 Å². The molecule has 3 amide bonds. The Kier molecular flexibility index (Phi) is 16.9. The fourth-order valence-corrected chi connectivity index (χ4v) is 10.3. The normalized spacial score (nSPS) is 10.8. The number of rotatable bonds is 14. The summed E-state index contributed by atoms with van der Waals surface area (Å²) in [6, 6.07) is 60.3. The number of aromatic nitrogens is 5. The minimum atomic E-state index is -0.267. The Bertz CT molecular complexity index is 4120. The third-order valence-electron chi connectivity index (χ3n) is 13.8. The third-order valence-corrected chi connectivity index (χ3v) is 14.5. The van der Waals surface area contributed by atoms with Crippen molar-refractivity contribution in [2.24, 2.45) is 0 Å². The number of methoxy groups -OCH3 is 2. The van der Waals surface area contributed by atoms with Gasteiger partial charge in [0.25, 0.3) is 17.7 Å². The van der Waals surface area contributed by atoms with Crippen molar-refractivity contribution in [1.29, 1.82) is 0 Å². The first-order valence-corrected chi connectivity index (χ1v) is 27.3. The molecule has 0 radical (unpaired) electrons. The lowest BCUT2D eigenvalue weighted by Gasteiger charge is -2.08. The summed E-state index contributed by atoms with van der Waals surface area (Å²) in [6.45, 7) is 8.47. The van der Waals surface area contributed by atoms with Crippen LogP contribution in [0.25, 0.3) is 32.7 Å². The predicted octanol–water partition coefficient (Wildman–Crippen LogP) is 14.6. The van der Waals surface area contributed by atoms with Crippen molar-refractivity contribution in [3.63, 3.8) is 0 Å². The molecule has 5 aromatic heterocycles. The first-order chi connectivity index (χ1) is 39.5. The zero-order chi connectivity index (χ0) is 56.2. The monoisotopic (exact) mass is 1090 g/mol. The van der Waals surface area contributed by atoms with E-state index in [-0.39, 0.29) is 17.7 Å². The van der Waals surface area contributed by atoms with E-state index in [0.29, 0.717) is 28.3 Å². The van der Waals surface area contributed by atoms with Crippen molar-refractivity contribution >= 4 is 78.8 Å². The number of fused-ring (bicyclic) bond motifs is 3. The highest BCUT2D eigenvalue weighted by Crippen LogP contribution is 2.32. The summed E-state index contributed by atoms with van der Waals surface area (Å²) in [7, 11) is 3.14. The van der Waals surface area contributed by atoms with E-state index >= 15 is 0 Å². The largest absolute Gasteiger partial charge is 0.496 e. The quantitative estimate of drug-likeness (QED) is 0.0982. The third kappa shape index (κ3) is 12.9. The minimum Gasteiger partial charge on any atom is -0.496 e. The summed E-state index contributed by atoms with van der Waals surface area (Å²) >= 11 is 1.45. The van der Waals surface area contributed by atoms with E-state index in [1.165, 1.54) is 44.7 Å². The van der Waals surface area contributed by atoms with E-state index in [0.717, 1.165) is 69.4 Å². The Labute approximate surface area is 474 Å². The van der Waals surface area contributed by atoms with Gasteiger partial charge in [-0.05, 0) is 79.9 Å². The minimum absolute atomic E-state index is 0.161. The van der Waals surface area contributed by atoms with Gasteiger partial charge in [-0.2, -0.15) is 5.10 Å². The highest BCUT2D eigenvalue weighted by molar-refractivity contribution is 7.08. The molecule has 3 N–H and O–H groups in total. The summed E-state index contributed by atoms with van der Waals surface area (Å²) in [5.41, 5.74) is 14.3. The molecule has 13 nitrogen and oxygen atoms in total. The number of amides is 3. The predicted molar refractivity (Wildman–Crippen MR) is 326 cm³/mol. The van der Waals surface area contributed by atoms with Gasteiger partial charge in [0.2, 0.25) is 0 Å². The number of nitrogens with one attached hydrogen (secondary N) is 3. The van der Waals surface area contributed by atoms with Gasteiger partial charge in [0, 0.05) is 71.3 Å². The molecule has 0 aliphatic rings. The number of thiophene rings is 1. The zero-order valence-electron chi connectivity index (χ0n) is 45.6. The summed E-state index contributed by atoms with van der Waals surface area (Å²) < 4.78 is 17.1. The number of carbonyl (C=O) groups excluding carboxylic acids is 3. The van der Waals surface area contributed by atoms with E-state index in [2.05, 4.69) is 152 Å². The highest BCUT2D eigenvalue weighted by atomic mass is 32.1. The summed E-state index contributed by atoms with van der Waals surface area (Å²) in [5, 5.41) is 23.3. The first kappa shape index (κ1) is 54.3. The molecule has 81 heavy (non-hydrogen) atoms. The van der Waals surface area contributed by atoms with Crippen LogP contribution in [0.3, 0.4) is 0 Å². The Balaban J connectivity index is 0.000000136. The molecule has 14 heteroatoms. The molecular formula is C67H60N8O5S. The van der Waals surface area contributed by atoms with Crippen molar-refractivity contribution < 1.29 is 23.9 Å². The zero-order valence-corrected chi connectivity index (χ0v) is 46.4. The Morgan fingerprint density at radius 2 is 0.827 bits per heavy atom. The maximum absolute atomic E-state index is 12.8. The molecule has 12 aromatic rings. The van der Waals surface area contributed by atoms with Crippen LogP contribution in [0.15, 0.2) is 218 Å². The van der Waals surface area contributed by atoms with Gasteiger partial charge in [-0.15, -0.1) is 16.4 Å². The van der Waals surface area contributed by atoms with Gasteiger partial charge in [-0.25, -0.2) is 0 Å². The number of ether oxygens (including phenoxy) is 2. The van der Waals surface area contributed by atoms with E-state index < -0.39 is 0 Å². The van der Waals surface area contributed by atoms with E-state index in [1.807, 2.05) is 90.7 Å². The van der Waals surface area contributed by atoms with Gasteiger partial charge in [0.1, 0.15) is 11.5 Å². The standard InChI is InChI=1S/C24H22N2O2.C22H20N2O2S.C21H18N4O/c1-17-11-13-18(14-12-17)15-26-16-21(19-7-3-5-9-22(19)26)25-24(27)20-8-4-6-10-23(20)28-2;1-15-7-9-16(10-8-15)11-24-12-19(17-5-3-4-6-20(17)24)23-22(25)18-13-27-14-21(18)26-2;1-15-8-10-16(11-9-15)13-25-14-19(17-5-2-3-7-20(17)25)23-21(26)18-6-4-12-22-24-18/h3-14,16H,15H2,1-2H3,(H,25,27);3-10,12-14H,11H2,1-2H3,(H,23,25);2-12,14H,13H2,1H3,(H,23,26). The van der Waals surface area contributed by atoms with Gasteiger partial charge in [-0.1, -0.05) is 156 Å². The van der Waals surface area contributed by atoms with Crippen molar-refractivity contribution in [1.82, 2.24) is 23.9 Å². The number of carbonyl (C=O) groups is 3. The van der Waals surface area contributed by atoms with Crippen molar-refractivity contribution in [3.8, 4) is 11.5 Å². The van der Waals surface area contributed by atoms with Gasteiger partial charge >= 0.3 is 0 Å². The number of aryl methyl sites for hydroxylation is 3. The summed E-state index contributed by atoms with van der Waals surface area (Å²) in [5.74, 6) is 0.544. The molecule has 5 heterocycles. The Morgan fingerprint density at radius 1 is 0.432 bits per heavy atom. The molecule has 0 fully saturated rings. The van der Waals surface area contributed by atoms with E-state index in [4.69, 9.17) is 9.47 Å². The van der Waals surface area contributed by atoms with E-state index in [1.54, 1.807) is 50.1 Å². The molecule has 12 rings (SSSR count). The average molecular weight is 1090 g/mol. The van der Waals surface area contributed by atoms with Gasteiger partial charge in [-0.3, -0.25) is 14.4 Å². The maximum atomic E-state index is 12.8. The fourth-order valence-electron chi connectivity index (χ4n) is 9.53. The Hall–Kier alpha value is -10.1. The van der Waals surface area contributed by atoms with Gasteiger partial charge in [0.15, 0.2) is 5.69 Å². The van der Waals surface area contributed by atoms with Crippen LogP contribution in [-0.2, 0) is 19.6 Å². The molecular weight excluding hydrogens is 1030 g/mol. The second-order valence-electron chi connectivity index (χ2n) is 19.5. The molecule has 0 aliphatic carbocycles. The molecule has 7 aromatic carbocycles. The highest BCUT2D eigenvalue weighted by Gasteiger charge is 2.19. The molecule has 0 saturated carbocycles. The second-order valence-corrected chi connectivity index (χ2v) is 20.3. The van der Waals surface area contributed by atoms with Crippen LogP contribution in [-0.4, -0.2) is 55.8 Å². The fraction of sp³-hybridized carbons (Fsp3) is 0.119. The molecule has 0 spiro atoms. The van der Waals surface area contributed by atoms with Gasteiger partial charge < -0.3 is 39.1 Å². The van der Waals surface area contributed by atoms with Crippen molar-refractivity contribution in [3.05, 3.63) is 268 Å². The molecule has 0 unspecified atom stereocenters. The van der Waals surface area contributed by atoms with Crippen LogP contribution >= 0.6 is 11.3 Å². The van der Waals surface area contributed by atoms with Crippen LogP contribution in [0.1, 0.15) is 64.6 Å². The SMILES string of the molecule is COc1ccccc1C(=O)Nc1cn(Cc2ccc(C)cc2)c2ccccc12.COc1cscc1C(=O)Nc1cn(Cc2ccc(C)cc2)c2ccccc12.Cc1ccc(Cn2cc(NC(=O)c3cccnn3)c3ccccc32)cc1. The van der Waals surface area contributed by atoms with E-state index in [9.17, 15) is 14.4 Å². The lowest BCUT2D eigenvalue weighted by Crippen LogP contribution is -2.13. The summed E-state index contributed by atoms with van der Waals surface area (Å²) in [4.78, 5) is 38.0. The Morgan fingerprint density at radius 3 is 1.25 bits per heavy atom. The van der Waals surface area contributed by atoms with Crippen LogP contribution in [0.2, 0.25) is 0 Å². The molecule has 404 valence electrons.